The van der Waals surface area contributed by atoms with E-state index in [-0.39, 0.29) is 6.10 Å². The van der Waals surface area contributed by atoms with Crippen LogP contribution in [0.4, 0.5) is 0 Å². The van der Waals surface area contributed by atoms with Crippen LogP contribution >= 0.6 is 31.9 Å². The van der Waals surface area contributed by atoms with Crippen molar-refractivity contribution in [2.75, 3.05) is 7.11 Å². The van der Waals surface area contributed by atoms with Gasteiger partial charge >= 0.3 is 0 Å². The molecule has 0 aliphatic rings. The third-order valence-corrected chi connectivity index (χ3v) is 3.88. The molecule has 0 radical (unpaired) electrons. The van der Waals surface area contributed by atoms with Gasteiger partial charge in [0.05, 0.1) is 17.7 Å². The van der Waals surface area contributed by atoms with Gasteiger partial charge < -0.3 is 9.47 Å². The summed E-state index contributed by atoms with van der Waals surface area (Å²) in [7, 11) is 1.67. The number of methoxy groups -OCH3 is 1. The topological polar surface area (TPSA) is 18.5 Å². The summed E-state index contributed by atoms with van der Waals surface area (Å²) in [5.74, 6) is 1.58. The van der Waals surface area contributed by atoms with Crippen LogP contribution in [-0.2, 0) is 5.33 Å². The van der Waals surface area contributed by atoms with Gasteiger partial charge in [-0.05, 0) is 46.5 Å². The Morgan fingerprint density at radius 1 is 1.24 bits per heavy atom. The molecule has 1 aromatic rings. The molecule has 0 heterocycles. The molecule has 96 valence electrons. The first-order valence-corrected chi connectivity index (χ1v) is 7.66. The molecule has 0 saturated heterocycles. The van der Waals surface area contributed by atoms with Crippen molar-refractivity contribution in [1.29, 1.82) is 0 Å². The van der Waals surface area contributed by atoms with Gasteiger partial charge in [0.25, 0.3) is 0 Å². The van der Waals surface area contributed by atoms with Crippen LogP contribution in [0.1, 0.15) is 32.3 Å². The van der Waals surface area contributed by atoms with Crippen LogP contribution in [-0.4, -0.2) is 13.2 Å². The maximum absolute atomic E-state index is 5.98. The third kappa shape index (κ3) is 3.88. The minimum atomic E-state index is 0.232. The van der Waals surface area contributed by atoms with Gasteiger partial charge in [-0.2, -0.15) is 0 Å². The highest BCUT2D eigenvalue weighted by Crippen LogP contribution is 2.38. The highest BCUT2D eigenvalue weighted by atomic mass is 79.9. The van der Waals surface area contributed by atoms with Gasteiger partial charge in [0.15, 0.2) is 11.5 Å². The minimum Gasteiger partial charge on any atom is -0.493 e. The second-order valence-electron chi connectivity index (χ2n) is 3.80. The van der Waals surface area contributed by atoms with Crippen molar-refractivity contribution in [1.82, 2.24) is 0 Å². The number of rotatable bonds is 6. The fraction of sp³-hybridized carbons (Fsp3) is 0.538. The molecular weight excluding hydrogens is 348 g/mol. The lowest BCUT2D eigenvalue weighted by atomic mass is 10.2. The molecule has 0 aliphatic heterocycles. The van der Waals surface area contributed by atoms with Crippen LogP contribution < -0.4 is 9.47 Å². The Morgan fingerprint density at radius 3 is 2.35 bits per heavy atom. The zero-order chi connectivity index (χ0) is 12.8. The maximum Gasteiger partial charge on any atom is 0.175 e. The molecule has 0 aliphatic carbocycles. The molecule has 2 nitrogen and oxygen atoms in total. The Morgan fingerprint density at radius 2 is 1.88 bits per heavy atom. The molecule has 1 aromatic carbocycles. The van der Waals surface area contributed by atoms with Crippen molar-refractivity contribution in [2.45, 2.75) is 38.1 Å². The molecule has 0 aromatic heterocycles. The van der Waals surface area contributed by atoms with E-state index in [9.17, 15) is 0 Å². The van der Waals surface area contributed by atoms with Crippen LogP contribution in [0.15, 0.2) is 16.6 Å². The summed E-state index contributed by atoms with van der Waals surface area (Å²) in [6, 6.07) is 4.05. The minimum absolute atomic E-state index is 0.232. The largest absolute Gasteiger partial charge is 0.493 e. The molecular formula is C13H18Br2O2. The molecule has 0 spiro atoms. The Kier molecular flexibility index (Phi) is 6.34. The summed E-state index contributed by atoms with van der Waals surface area (Å²) in [4.78, 5) is 0. The Balaban J connectivity index is 3.04. The van der Waals surface area contributed by atoms with E-state index in [4.69, 9.17) is 9.47 Å². The number of ether oxygens (including phenoxy) is 2. The van der Waals surface area contributed by atoms with E-state index >= 15 is 0 Å². The van der Waals surface area contributed by atoms with Crippen molar-refractivity contribution in [2.24, 2.45) is 0 Å². The number of halogens is 2. The van der Waals surface area contributed by atoms with Crippen molar-refractivity contribution < 1.29 is 9.47 Å². The lowest BCUT2D eigenvalue weighted by Crippen LogP contribution is -2.14. The zero-order valence-corrected chi connectivity index (χ0v) is 13.6. The quantitative estimate of drug-likeness (QED) is 0.666. The van der Waals surface area contributed by atoms with Gasteiger partial charge in [-0.15, -0.1) is 0 Å². The lowest BCUT2D eigenvalue weighted by molar-refractivity contribution is 0.183. The maximum atomic E-state index is 5.98. The molecule has 0 unspecified atom stereocenters. The summed E-state index contributed by atoms with van der Waals surface area (Å²) >= 11 is 6.98. The fourth-order valence-corrected chi connectivity index (χ4v) is 2.49. The predicted octanol–water partition coefficient (Wildman–Crippen LogP) is 4.92. The first-order valence-electron chi connectivity index (χ1n) is 5.75. The van der Waals surface area contributed by atoms with Crippen molar-refractivity contribution in [3.05, 3.63) is 22.2 Å². The number of hydrogen-bond donors (Lipinski definition) is 0. The number of benzene rings is 1. The van der Waals surface area contributed by atoms with E-state index in [1.165, 1.54) is 0 Å². The number of alkyl halides is 1. The van der Waals surface area contributed by atoms with Crippen molar-refractivity contribution >= 4 is 31.9 Å². The molecule has 17 heavy (non-hydrogen) atoms. The summed E-state index contributed by atoms with van der Waals surface area (Å²) in [5.41, 5.74) is 1.16. The van der Waals surface area contributed by atoms with E-state index in [1.807, 2.05) is 6.07 Å². The van der Waals surface area contributed by atoms with Crippen LogP contribution in [0.5, 0.6) is 11.5 Å². The molecule has 0 fully saturated rings. The lowest BCUT2D eigenvalue weighted by Gasteiger charge is -2.19. The molecule has 4 heteroatoms. The summed E-state index contributed by atoms with van der Waals surface area (Å²) in [6.07, 6.45) is 2.22. The van der Waals surface area contributed by atoms with Gasteiger partial charge in [-0.1, -0.05) is 29.8 Å². The summed E-state index contributed by atoms with van der Waals surface area (Å²) in [5, 5.41) is 0.799. The summed E-state index contributed by atoms with van der Waals surface area (Å²) < 4.78 is 12.3. The van der Waals surface area contributed by atoms with Gasteiger partial charge in [0, 0.05) is 5.33 Å². The second-order valence-corrected chi connectivity index (χ2v) is 5.21. The molecule has 0 amide bonds. The average Bonchev–Trinajstić information content (AvgIpc) is 2.36. The van der Waals surface area contributed by atoms with E-state index < -0.39 is 0 Å². The van der Waals surface area contributed by atoms with Crippen LogP contribution in [0, 0.1) is 0 Å². The van der Waals surface area contributed by atoms with Gasteiger partial charge in [-0.25, -0.2) is 0 Å². The SMILES string of the molecule is CCC(CC)Oc1c(Br)cc(CBr)cc1OC. The van der Waals surface area contributed by atoms with Crippen LogP contribution in [0.2, 0.25) is 0 Å². The Hall–Kier alpha value is -0.220. The first kappa shape index (κ1) is 14.8. The Bertz CT molecular complexity index is 363. The van der Waals surface area contributed by atoms with Gasteiger partial charge in [0.1, 0.15) is 0 Å². The standard InChI is InChI=1S/C13H18Br2O2/c1-4-10(5-2)17-13-11(15)6-9(8-14)7-12(13)16-3/h6-7,10H,4-5,8H2,1-3H3. The third-order valence-electron chi connectivity index (χ3n) is 2.64. The fourth-order valence-electron chi connectivity index (χ4n) is 1.59. The Labute approximate surface area is 120 Å². The normalized spacial score (nSPS) is 10.7. The first-order chi connectivity index (χ1) is 8.15. The smallest absolute Gasteiger partial charge is 0.175 e. The molecule has 0 saturated carbocycles. The highest BCUT2D eigenvalue weighted by molar-refractivity contribution is 9.10. The van der Waals surface area contributed by atoms with E-state index in [0.717, 1.165) is 39.7 Å². The molecule has 0 bridgehead atoms. The van der Waals surface area contributed by atoms with Crippen molar-refractivity contribution in [3.63, 3.8) is 0 Å². The van der Waals surface area contributed by atoms with E-state index in [2.05, 4.69) is 51.8 Å². The van der Waals surface area contributed by atoms with E-state index in [1.54, 1.807) is 7.11 Å². The van der Waals surface area contributed by atoms with Gasteiger partial charge in [0.2, 0.25) is 0 Å². The average molecular weight is 366 g/mol. The molecule has 0 N–H and O–H groups in total. The van der Waals surface area contributed by atoms with E-state index in [0.29, 0.717) is 0 Å². The monoisotopic (exact) mass is 364 g/mol. The van der Waals surface area contributed by atoms with Crippen LogP contribution in [0.25, 0.3) is 0 Å². The van der Waals surface area contributed by atoms with Gasteiger partial charge in [-0.3, -0.25) is 0 Å². The van der Waals surface area contributed by atoms with Crippen LogP contribution in [0.3, 0.4) is 0 Å². The number of hydrogen-bond acceptors (Lipinski definition) is 2. The summed E-state index contributed by atoms with van der Waals surface area (Å²) in [6.45, 7) is 4.25. The molecule has 1 rings (SSSR count). The predicted molar refractivity (Wildman–Crippen MR) is 78.3 cm³/mol. The second kappa shape index (κ2) is 7.27. The zero-order valence-electron chi connectivity index (χ0n) is 10.4. The highest BCUT2D eigenvalue weighted by Gasteiger charge is 2.15. The van der Waals surface area contributed by atoms with Crippen molar-refractivity contribution in [3.8, 4) is 11.5 Å². The molecule has 0 atom stereocenters.